The molecule has 0 bridgehead atoms. The zero-order chi connectivity index (χ0) is 6.73. The predicted molar refractivity (Wildman–Crippen MR) is 29.0 cm³/mol. The van der Waals surface area contributed by atoms with Gasteiger partial charge in [0.1, 0.15) is 0 Å². The van der Waals surface area contributed by atoms with E-state index in [2.05, 4.69) is 6.58 Å². The summed E-state index contributed by atoms with van der Waals surface area (Å²) in [6.45, 7) is 6.68. The molecule has 2 nitrogen and oxygen atoms in total. The van der Waals surface area contributed by atoms with E-state index in [1.54, 1.807) is 13.8 Å². The predicted octanol–water partition coefficient (Wildman–Crippen LogP) is -0.0515. The molecule has 1 unspecified atom stereocenters. The third-order valence-corrected chi connectivity index (χ3v) is 1.09. The molecule has 0 heterocycles. The first-order chi connectivity index (χ1) is 3.55. The third kappa shape index (κ3) is 1.78. The summed E-state index contributed by atoms with van der Waals surface area (Å²) in [5.41, 5.74) is 0.630. The minimum atomic E-state index is -1.06. The van der Waals surface area contributed by atoms with Crippen molar-refractivity contribution in [1.82, 2.24) is 0 Å². The minimum absolute atomic E-state index is 0.519. The van der Waals surface area contributed by atoms with Crippen molar-refractivity contribution in [2.24, 2.45) is 5.92 Å². The van der Waals surface area contributed by atoms with E-state index in [4.69, 9.17) is 0 Å². The summed E-state index contributed by atoms with van der Waals surface area (Å²) in [6.07, 6.45) is 0. The van der Waals surface area contributed by atoms with Crippen LogP contribution in [0.25, 0.3) is 0 Å². The molecule has 0 radical (unpaired) electrons. The fourth-order valence-corrected chi connectivity index (χ4v) is 0.201. The smallest absolute Gasteiger partial charge is 0.0482 e. The molecular weight excluding hydrogens is 104 g/mol. The number of carbonyl (C=O) groups excluding carboxylic acids is 1. The second-order valence-corrected chi connectivity index (χ2v) is 1.89. The van der Waals surface area contributed by atoms with Gasteiger partial charge in [0.2, 0.25) is 0 Å². The second-order valence-electron chi connectivity index (χ2n) is 1.89. The number of hydrogen-bond acceptors (Lipinski definition) is 2. The second kappa shape index (κ2) is 2.50. The normalized spacial score (nSPS) is 12.8. The number of carboxylic acid groups (broad SMARTS) is 1. The van der Waals surface area contributed by atoms with Crippen LogP contribution in [0.2, 0.25) is 0 Å². The zero-order valence-corrected chi connectivity index (χ0v) is 5.10. The van der Waals surface area contributed by atoms with E-state index < -0.39 is 11.9 Å². The Bertz CT molecular complexity index is 102. The maximum atomic E-state index is 9.97. The van der Waals surface area contributed by atoms with Gasteiger partial charge in [-0.15, -0.1) is 0 Å². The monoisotopic (exact) mass is 113 g/mol. The molecule has 0 saturated carbocycles. The number of hydrogen-bond donors (Lipinski definition) is 0. The molecule has 0 rings (SSSR count). The van der Waals surface area contributed by atoms with Crippen molar-refractivity contribution in [3.8, 4) is 0 Å². The Morgan fingerprint density at radius 1 is 1.75 bits per heavy atom. The first-order valence-electron chi connectivity index (χ1n) is 2.42. The summed E-state index contributed by atoms with van der Waals surface area (Å²) < 4.78 is 0. The molecule has 0 saturated heterocycles. The highest BCUT2D eigenvalue weighted by Gasteiger charge is 2.00. The van der Waals surface area contributed by atoms with Crippen molar-refractivity contribution >= 4 is 5.97 Å². The standard InChI is InChI=1S/C6H10O2/c1-4(2)5(3)6(7)8/h5H,1H2,2-3H3,(H,7,8)/p-1. The molecule has 0 amide bonds. The average molecular weight is 113 g/mol. The van der Waals surface area contributed by atoms with Gasteiger partial charge in [-0.25, -0.2) is 0 Å². The van der Waals surface area contributed by atoms with Gasteiger partial charge in [-0.05, 0) is 6.92 Å². The van der Waals surface area contributed by atoms with Crippen LogP contribution in [0, 0.1) is 5.92 Å². The Labute approximate surface area is 48.8 Å². The van der Waals surface area contributed by atoms with E-state index in [0.717, 1.165) is 0 Å². The highest BCUT2D eigenvalue weighted by atomic mass is 16.4. The Kier molecular flexibility index (Phi) is 2.25. The lowest BCUT2D eigenvalue weighted by atomic mass is 10.1. The highest BCUT2D eigenvalue weighted by Crippen LogP contribution is 2.03. The van der Waals surface area contributed by atoms with Crippen molar-refractivity contribution in [2.45, 2.75) is 13.8 Å². The minimum Gasteiger partial charge on any atom is -0.550 e. The topological polar surface area (TPSA) is 40.1 Å². The van der Waals surface area contributed by atoms with Crippen LogP contribution in [-0.4, -0.2) is 5.97 Å². The molecule has 8 heavy (non-hydrogen) atoms. The van der Waals surface area contributed by atoms with Crippen LogP contribution in [0.15, 0.2) is 12.2 Å². The lowest BCUT2D eigenvalue weighted by Gasteiger charge is -2.10. The van der Waals surface area contributed by atoms with Crippen molar-refractivity contribution in [3.05, 3.63) is 12.2 Å². The molecule has 0 spiro atoms. The largest absolute Gasteiger partial charge is 0.550 e. The van der Waals surface area contributed by atoms with Gasteiger partial charge >= 0.3 is 0 Å². The van der Waals surface area contributed by atoms with Crippen LogP contribution in [0.5, 0.6) is 0 Å². The maximum Gasteiger partial charge on any atom is 0.0482 e. The number of aliphatic carboxylic acids is 1. The van der Waals surface area contributed by atoms with Gasteiger partial charge < -0.3 is 9.90 Å². The summed E-state index contributed by atoms with van der Waals surface area (Å²) in [7, 11) is 0. The summed E-state index contributed by atoms with van der Waals surface area (Å²) in [4.78, 5) is 9.97. The quantitative estimate of drug-likeness (QED) is 0.471. The van der Waals surface area contributed by atoms with Crippen LogP contribution < -0.4 is 5.11 Å². The van der Waals surface area contributed by atoms with E-state index in [0.29, 0.717) is 5.57 Å². The molecular formula is C6H9O2-. The number of rotatable bonds is 2. The van der Waals surface area contributed by atoms with Gasteiger partial charge in [0.25, 0.3) is 0 Å². The summed E-state index contributed by atoms with van der Waals surface area (Å²) in [6, 6.07) is 0. The molecule has 0 aliphatic heterocycles. The van der Waals surface area contributed by atoms with Crippen LogP contribution in [-0.2, 0) is 4.79 Å². The SMILES string of the molecule is C=C(C)C(C)C(=O)[O-]. The Morgan fingerprint density at radius 3 is 2.12 bits per heavy atom. The lowest BCUT2D eigenvalue weighted by molar-refractivity contribution is -0.309. The van der Waals surface area contributed by atoms with Crippen molar-refractivity contribution in [2.75, 3.05) is 0 Å². The molecule has 0 aromatic carbocycles. The van der Waals surface area contributed by atoms with E-state index in [1.165, 1.54) is 0 Å². The van der Waals surface area contributed by atoms with Crippen LogP contribution >= 0.6 is 0 Å². The molecule has 2 heteroatoms. The van der Waals surface area contributed by atoms with Crippen molar-refractivity contribution in [1.29, 1.82) is 0 Å². The maximum absolute atomic E-state index is 9.97. The van der Waals surface area contributed by atoms with Crippen molar-refractivity contribution in [3.63, 3.8) is 0 Å². The third-order valence-electron chi connectivity index (χ3n) is 1.09. The molecule has 0 aliphatic rings. The number of carbonyl (C=O) groups is 1. The lowest BCUT2D eigenvalue weighted by Crippen LogP contribution is -2.29. The Morgan fingerprint density at radius 2 is 2.12 bits per heavy atom. The molecule has 0 aromatic heterocycles. The molecule has 46 valence electrons. The van der Waals surface area contributed by atoms with Gasteiger partial charge in [0, 0.05) is 11.9 Å². The van der Waals surface area contributed by atoms with Crippen LogP contribution in [0.3, 0.4) is 0 Å². The van der Waals surface area contributed by atoms with E-state index in [-0.39, 0.29) is 0 Å². The average Bonchev–Trinajstić information content (AvgIpc) is 1.64. The zero-order valence-electron chi connectivity index (χ0n) is 5.10. The van der Waals surface area contributed by atoms with Crippen molar-refractivity contribution < 1.29 is 9.90 Å². The fourth-order valence-electron chi connectivity index (χ4n) is 0.201. The van der Waals surface area contributed by atoms with Crippen LogP contribution in [0.4, 0.5) is 0 Å². The summed E-state index contributed by atoms with van der Waals surface area (Å²) in [5.74, 6) is -1.58. The Hall–Kier alpha value is -0.790. The van der Waals surface area contributed by atoms with Crippen LogP contribution in [0.1, 0.15) is 13.8 Å². The van der Waals surface area contributed by atoms with E-state index >= 15 is 0 Å². The van der Waals surface area contributed by atoms with E-state index in [9.17, 15) is 9.90 Å². The molecule has 1 atom stereocenters. The summed E-state index contributed by atoms with van der Waals surface area (Å²) >= 11 is 0. The molecule has 0 aromatic rings. The molecule has 0 aliphatic carbocycles. The first kappa shape index (κ1) is 7.21. The highest BCUT2D eigenvalue weighted by molar-refractivity contribution is 5.70. The van der Waals surface area contributed by atoms with Gasteiger partial charge in [-0.3, -0.25) is 0 Å². The summed E-state index contributed by atoms with van der Waals surface area (Å²) in [5, 5.41) is 9.97. The van der Waals surface area contributed by atoms with Gasteiger partial charge in [-0.2, -0.15) is 0 Å². The number of carboxylic acids is 1. The molecule has 0 N–H and O–H groups in total. The van der Waals surface area contributed by atoms with Gasteiger partial charge in [-0.1, -0.05) is 19.1 Å². The molecule has 0 fully saturated rings. The van der Waals surface area contributed by atoms with Gasteiger partial charge in [0.15, 0.2) is 0 Å². The van der Waals surface area contributed by atoms with E-state index in [1.807, 2.05) is 0 Å². The fraction of sp³-hybridized carbons (Fsp3) is 0.500. The first-order valence-corrected chi connectivity index (χ1v) is 2.42. The van der Waals surface area contributed by atoms with Gasteiger partial charge in [0.05, 0.1) is 0 Å². The Balaban J connectivity index is 3.83.